The van der Waals surface area contributed by atoms with E-state index in [1.54, 1.807) is 6.07 Å². The molecule has 0 aliphatic heterocycles. The number of nitrogens with two attached hydrogens (primary N) is 1. The molecule has 5 heteroatoms. The van der Waals surface area contributed by atoms with Crippen molar-refractivity contribution >= 4 is 17.5 Å². The van der Waals surface area contributed by atoms with Crippen molar-refractivity contribution in [1.29, 1.82) is 0 Å². The smallest absolute Gasteiger partial charge is 0.217 e. The number of carbonyl (C=O) groups is 1. The van der Waals surface area contributed by atoms with Crippen LogP contribution in [0.25, 0.3) is 0 Å². The zero-order chi connectivity index (χ0) is 10.4. The normalized spacial score (nSPS) is 10.4. The highest BCUT2D eigenvalue weighted by atomic mass is 35.5. The summed E-state index contributed by atoms with van der Waals surface area (Å²) in [7, 11) is 0. The van der Waals surface area contributed by atoms with E-state index in [9.17, 15) is 4.79 Å². The summed E-state index contributed by atoms with van der Waals surface area (Å²) in [5, 5.41) is 3.50. The maximum atomic E-state index is 10.4. The minimum absolute atomic E-state index is 0.271. The average molecular weight is 217 g/mol. The highest BCUT2D eigenvalue weighted by Crippen LogP contribution is 2.12. The molecular formula is C9H13ClN2O2. The third-order valence-corrected chi connectivity index (χ3v) is 1.91. The van der Waals surface area contributed by atoms with Crippen LogP contribution < -0.4 is 11.1 Å². The van der Waals surface area contributed by atoms with Crippen LogP contribution in [-0.4, -0.2) is 12.5 Å². The van der Waals surface area contributed by atoms with E-state index >= 15 is 0 Å². The van der Waals surface area contributed by atoms with Gasteiger partial charge in [-0.05, 0) is 36.7 Å². The summed E-state index contributed by atoms with van der Waals surface area (Å²) < 4.78 is 5.12. The maximum Gasteiger partial charge on any atom is 0.217 e. The number of rotatable bonds is 6. The van der Waals surface area contributed by atoms with E-state index in [2.05, 4.69) is 5.32 Å². The van der Waals surface area contributed by atoms with Gasteiger partial charge in [0.25, 0.3) is 0 Å². The number of amides is 1. The van der Waals surface area contributed by atoms with Crippen molar-refractivity contribution in [2.45, 2.75) is 19.4 Å². The Kier molecular flexibility index (Phi) is 4.49. The molecule has 1 rings (SSSR count). The van der Waals surface area contributed by atoms with Crippen molar-refractivity contribution in [2.75, 3.05) is 6.54 Å². The lowest BCUT2D eigenvalue weighted by Crippen LogP contribution is -2.17. The first-order valence-electron chi connectivity index (χ1n) is 4.41. The maximum absolute atomic E-state index is 10.4. The molecule has 1 heterocycles. The molecule has 0 spiro atoms. The van der Waals surface area contributed by atoms with Gasteiger partial charge in [-0.1, -0.05) is 0 Å². The molecule has 4 nitrogen and oxygen atoms in total. The van der Waals surface area contributed by atoms with Crippen LogP contribution in [0.3, 0.4) is 0 Å². The first kappa shape index (κ1) is 11.1. The Bertz CT molecular complexity index is 299. The molecular weight excluding hydrogens is 204 g/mol. The van der Waals surface area contributed by atoms with Crippen molar-refractivity contribution in [3.05, 3.63) is 23.1 Å². The largest absolute Gasteiger partial charge is 0.448 e. The van der Waals surface area contributed by atoms with E-state index in [-0.39, 0.29) is 5.91 Å². The van der Waals surface area contributed by atoms with Crippen LogP contribution >= 0.6 is 11.6 Å². The second-order valence-electron chi connectivity index (χ2n) is 2.95. The molecule has 1 aromatic rings. The minimum Gasteiger partial charge on any atom is -0.448 e. The molecule has 0 fully saturated rings. The molecule has 14 heavy (non-hydrogen) atoms. The first-order chi connectivity index (χ1) is 6.68. The fourth-order valence-electron chi connectivity index (χ4n) is 1.05. The molecule has 1 aromatic heterocycles. The molecule has 1 amide bonds. The van der Waals surface area contributed by atoms with Crippen molar-refractivity contribution in [1.82, 2.24) is 5.32 Å². The third-order valence-electron chi connectivity index (χ3n) is 1.70. The number of furan rings is 1. The number of hydrogen-bond acceptors (Lipinski definition) is 3. The molecule has 78 valence electrons. The monoisotopic (exact) mass is 216 g/mol. The van der Waals surface area contributed by atoms with Crippen LogP contribution in [0.2, 0.25) is 5.22 Å². The Morgan fingerprint density at radius 2 is 2.36 bits per heavy atom. The molecule has 3 N–H and O–H groups in total. The number of carbonyl (C=O) groups excluding carboxylic acids is 1. The van der Waals surface area contributed by atoms with Gasteiger partial charge in [0.15, 0.2) is 5.22 Å². The Balaban J connectivity index is 2.07. The summed E-state index contributed by atoms with van der Waals surface area (Å²) in [4.78, 5) is 10.4. The van der Waals surface area contributed by atoms with Gasteiger partial charge in [0.2, 0.25) is 5.91 Å². The highest BCUT2D eigenvalue weighted by molar-refractivity contribution is 6.28. The molecule has 0 saturated carbocycles. The first-order valence-corrected chi connectivity index (χ1v) is 4.79. The molecule has 0 aromatic carbocycles. The second kappa shape index (κ2) is 5.67. The van der Waals surface area contributed by atoms with E-state index in [1.165, 1.54) is 0 Å². The Hall–Kier alpha value is -1.00. The molecule has 0 aliphatic rings. The van der Waals surface area contributed by atoms with Gasteiger partial charge in [-0.3, -0.25) is 4.79 Å². The van der Waals surface area contributed by atoms with Crippen LogP contribution in [0.15, 0.2) is 16.5 Å². The Labute approximate surface area is 87.4 Å². The van der Waals surface area contributed by atoms with E-state index in [4.69, 9.17) is 21.8 Å². The van der Waals surface area contributed by atoms with Crippen LogP contribution in [0.5, 0.6) is 0 Å². The van der Waals surface area contributed by atoms with Gasteiger partial charge in [-0.15, -0.1) is 0 Å². The predicted molar refractivity (Wildman–Crippen MR) is 53.9 cm³/mol. The summed E-state index contributed by atoms with van der Waals surface area (Å²) >= 11 is 5.59. The Morgan fingerprint density at radius 1 is 1.57 bits per heavy atom. The number of nitrogens with one attached hydrogen (secondary N) is 1. The van der Waals surface area contributed by atoms with Gasteiger partial charge in [0.1, 0.15) is 5.76 Å². The lowest BCUT2D eigenvalue weighted by atomic mass is 10.3. The lowest BCUT2D eigenvalue weighted by molar-refractivity contribution is -0.118. The van der Waals surface area contributed by atoms with Crippen LogP contribution in [0.4, 0.5) is 0 Å². The summed E-state index contributed by atoms with van der Waals surface area (Å²) in [6.07, 6.45) is 1.15. The zero-order valence-corrected chi connectivity index (χ0v) is 8.51. The minimum atomic E-state index is -0.271. The van der Waals surface area contributed by atoms with Gasteiger partial charge >= 0.3 is 0 Å². The van der Waals surface area contributed by atoms with Gasteiger partial charge < -0.3 is 15.5 Å². The SMILES string of the molecule is NC(=O)CCCNCc1ccc(Cl)o1. The standard InChI is InChI=1S/C9H13ClN2O2/c10-8-4-3-7(14-8)6-12-5-1-2-9(11)13/h3-4,12H,1-2,5-6H2,(H2,11,13). The lowest BCUT2D eigenvalue weighted by Gasteiger charge is -2.00. The Morgan fingerprint density at radius 3 is 2.93 bits per heavy atom. The number of hydrogen-bond donors (Lipinski definition) is 2. The number of primary amides is 1. The van der Waals surface area contributed by atoms with Gasteiger partial charge in [-0.2, -0.15) is 0 Å². The van der Waals surface area contributed by atoms with Crippen molar-refractivity contribution in [3.63, 3.8) is 0 Å². The molecule has 0 bridgehead atoms. The second-order valence-corrected chi connectivity index (χ2v) is 3.32. The summed E-state index contributed by atoms with van der Waals surface area (Å²) in [6, 6.07) is 3.51. The van der Waals surface area contributed by atoms with E-state index in [1.807, 2.05) is 6.07 Å². The quantitative estimate of drug-likeness (QED) is 0.704. The molecule has 0 aliphatic carbocycles. The summed E-state index contributed by atoms with van der Waals surface area (Å²) in [5.41, 5.74) is 4.99. The average Bonchev–Trinajstić information content (AvgIpc) is 2.50. The topological polar surface area (TPSA) is 68.3 Å². The van der Waals surface area contributed by atoms with Gasteiger partial charge in [-0.25, -0.2) is 0 Å². The van der Waals surface area contributed by atoms with E-state index in [0.29, 0.717) is 18.2 Å². The van der Waals surface area contributed by atoms with Crippen LogP contribution in [0, 0.1) is 0 Å². The fraction of sp³-hybridized carbons (Fsp3) is 0.444. The molecule has 0 atom stereocenters. The van der Waals surface area contributed by atoms with Crippen molar-refractivity contribution in [2.24, 2.45) is 5.73 Å². The van der Waals surface area contributed by atoms with Crippen LogP contribution in [0.1, 0.15) is 18.6 Å². The number of halogens is 1. The molecule has 0 radical (unpaired) electrons. The van der Waals surface area contributed by atoms with Gasteiger partial charge in [0, 0.05) is 6.42 Å². The summed E-state index contributed by atoms with van der Waals surface area (Å²) in [6.45, 7) is 1.35. The van der Waals surface area contributed by atoms with Crippen LogP contribution in [-0.2, 0) is 11.3 Å². The van der Waals surface area contributed by atoms with Gasteiger partial charge in [0.05, 0.1) is 6.54 Å². The van der Waals surface area contributed by atoms with E-state index < -0.39 is 0 Å². The molecule has 0 saturated heterocycles. The zero-order valence-electron chi connectivity index (χ0n) is 7.75. The van der Waals surface area contributed by atoms with Crippen molar-refractivity contribution < 1.29 is 9.21 Å². The summed E-state index contributed by atoms with van der Waals surface area (Å²) in [5.74, 6) is 0.516. The highest BCUT2D eigenvalue weighted by Gasteiger charge is 1.99. The van der Waals surface area contributed by atoms with Crippen molar-refractivity contribution in [3.8, 4) is 0 Å². The van der Waals surface area contributed by atoms with E-state index in [0.717, 1.165) is 18.7 Å². The third kappa shape index (κ3) is 4.30. The fourth-order valence-corrected chi connectivity index (χ4v) is 1.21. The predicted octanol–water partition coefficient (Wildman–Crippen LogP) is 1.29. The molecule has 0 unspecified atom stereocenters.